The lowest BCUT2D eigenvalue weighted by Crippen LogP contribution is -2.70. The van der Waals surface area contributed by atoms with Gasteiger partial charge in [0.1, 0.15) is 0 Å². The molecule has 29 heavy (non-hydrogen) atoms. The lowest BCUT2D eigenvalue weighted by Gasteiger charge is -2.60. The van der Waals surface area contributed by atoms with E-state index in [1.807, 2.05) is 13.0 Å². The van der Waals surface area contributed by atoms with E-state index in [0.29, 0.717) is 30.3 Å². The molecule has 6 rings (SSSR count). The van der Waals surface area contributed by atoms with Gasteiger partial charge in [-0.2, -0.15) is 0 Å². The van der Waals surface area contributed by atoms with Crippen molar-refractivity contribution in [2.75, 3.05) is 0 Å². The molecule has 9 atom stereocenters. The van der Waals surface area contributed by atoms with Crippen molar-refractivity contribution in [3.63, 3.8) is 0 Å². The predicted molar refractivity (Wildman–Crippen MR) is 104 cm³/mol. The molecule has 0 radical (unpaired) electrons. The van der Waals surface area contributed by atoms with Crippen molar-refractivity contribution < 1.29 is 29.1 Å². The van der Waals surface area contributed by atoms with E-state index < -0.39 is 23.8 Å². The van der Waals surface area contributed by atoms with Gasteiger partial charge in [-0.1, -0.05) is 19.9 Å². The topological polar surface area (TPSA) is 74.2 Å². The molecule has 6 heteroatoms. The minimum absolute atomic E-state index is 0.0734. The lowest BCUT2D eigenvalue weighted by atomic mass is 9.57. The van der Waals surface area contributed by atoms with Gasteiger partial charge in [-0.15, -0.1) is 0 Å². The summed E-state index contributed by atoms with van der Waals surface area (Å²) in [6.45, 7) is 6.42. The zero-order valence-electron chi connectivity index (χ0n) is 17.8. The fourth-order valence-electron chi connectivity index (χ4n) is 6.70. The number of Topliss-reactive ketones (excluding diaryl/α,β-unsaturated/α-hetero) is 1. The fraction of sp³-hybridized carbons (Fsp3) is 0.870. The summed E-state index contributed by atoms with van der Waals surface area (Å²) in [6.07, 6.45) is 7.14. The van der Waals surface area contributed by atoms with Crippen LogP contribution < -0.4 is 0 Å². The van der Waals surface area contributed by atoms with Crippen LogP contribution in [0.2, 0.25) is 0 Å². The lowest BCUT2D eigenvalue weighted by molar-refractivity contribution is -0.571. The SMILES string of the molecule is C[C@H]1[C@@H](C[C@@H](O)C2=CCCCC2=O)O[C@@H]2OC3(C)CC[C@H]4[C@H](C)CC[C@@H]1[C@@]24OO3. The van der Waals surface area contributed by atoms with Crippen LogP contribution in [0.25, 0.3) is 0 Å². The van der Waals surface area contributed by atoms with Crippen LogP contribution in [0.4, 0.5) is 0 Å². The first kappa shape index (κ1) is 20.1. The summed E-state index contributed by atoms with van der Waals surface area (Å²) in [5.74, 6) is 0.590. The molecule has 4 heterocycles. The minimum atomic E-state index is -0.789. The number of carbonyl (C=O) groups is 1. The molecular weight excluding hydrogens is 372 g/mol. The third kappa shape index (κ3) is 3.06. The van der Waals surface area contributed by atoms with Gasteiger partial charge in [0.15, 0.2) is 17.7 Å². The van der Waals surface area contributed by atoms with Gasteiger partial charge in [0.2, 0.25) is 5.79 Å². The second kappa shape index (κ2) is 7.13. The van der Waals surface area contributed by atoms with Gasteiger partial charge in [0.25, 0.3) is 0 Å². The number of ether oxygens (including phenoxy) is 2. The first-order valence-corrected chi connectivity index (χ1v) is 11.5. The maximum Gasteiger partial charge on any atom is 0.201 e. The second-order valence-electron chi connectivity index (χ2n) is 10.2. The molecule has 2 bridgehead atoms. The smallest absolute Gasteiger partial charge is 0.201 e. The number of ketones is 1. The molecule has 4 saturated heterocycles. The molecule has 1 saturated carbocycles. The summed E-state index contributed by atoms with van der Waals surface area (Å²) in [6, 6.07) is 0. The third-order valence-corrected chi connectivity index (χ3v) is 8.40. The molecular formula is C23H34O6. The summed E-state index contributed by atoms with van der Waals surface area (Å²) in [5, 5.41) is 10.8. The Balaban J connectivity index is 1.43. The Labute approximate surface area is 172 Å². The van der Waals surface area contributed by atoms with Crippen molar-refractivity contribution in [3.8, 4) is 0 Å². The normalized spacial score (nSPS) is 50.5. The molecule has 0 aromatic heterocycles. The Morgan fingerprint density at radius 2 is 2.03 bits per heavy atom. The van der Waals surface area contributed by atoms with Gasteiger partial charge in [0, 0.05) is 30.8 Å². The van der Waals surface area contributed by atoms with Crippen LogP contribution in [0.1, 0.15) is 72.1 Å². The molecule has 6 aliphatic rings. The molecule has 4 aliphatic heterocycles. The van der Waals surface area contributed by atoms with E-state index >= 15 is 0 Å². The maximum atomic E-state index is 12.3. The summed E-state index contributed by atoms with van der Waals surface area (Å²) in [7, 11) is 0. The van der Waals surface area contributed by atoms with Crippen molar-refractivity contribution in [1.29, 1.82) is 0 Å². The molecule has 0 aromatic rings. The molecule has 1 N–H and O–H groups in total. The van der Waals surface area contributed by atoms with E-state index in [1.165, 1.54) is 0 Å². The summed E-state index contributed by atoms with van der Waals surface area (Å²) in [4.78, 5) is 24.3. The number of carbonyl (C=O) groups excluding carboxylic acids is 1. The summed E-state index contributed by atoms with van der Waals surface area (Å²) < 4.78 is 12.9. The van der Waals surface area contributed by atoms with E-state index in [0.717, 1.165) is 38.5 Å². The van der Waals surface area contributed by atoms with E-state index in [-0.39, 0.29) is 23.7 Å². The standard InChI is InChI=1S/C23H34O6/c1-13-8-9-17-14(2)20(12-19(25)15-6-4-5-7-18(15)24)26-21-23(17)16(13)10-11-22(3,27-21)28-29-23/h6,13-14,16-17,19-21,25H,4-5,7-12H2,1-3H3/t13-,14-,16+,17+,19-,20-,21-,22?,23-/m1/s1. The van der Waals surface area contributed by atoms with E-state index in [2.05, 4.69) is 13.8 Å². The monoisotopic (exact) mass is 406 g/mol. The highest BCUT2D eigenvalue weighted by Gasteiger charge is 2.69. The van der Waals surface area contributed by atoms with Gasteiger partial charge in [-0.05, 0) is 56.8 Å². The van der Waals surface area contributed by atoms with Crippen LogP contribution in [0, 0.1) is 23.7 Å². The number of rotatable bonds is 3. The number of aliphatic hydroxyl groups excluding tert-OH is 1. The largest absolute Gasteiger partial charge is 0.388 e. The van der Waals surface area contributed by atoms with E-state index in [4.69, 9.17) is 19.2 Å². The highest BCUT2D eigenvalue weighted by Crippen LogP contribution is 2.60. The van der Waals surface area contributed by atoms with E-state index in [9.17, 15) is 9.90 Å². The molecule has 1 spiro atoms. The van der Waals surface area contributed by atoms with Crippen molar-refractivity contribution in [2.24, 2.45) is 23.7 Å². The predicted octanol–water partition coefficient (Wildman–Crippen LogP) is 3.67. The Hall–Kier alpha value is -0.790. The van der Waals surface area contributed by atoms with Crippen LogP contribution in [-0.4, -0.2) is 40.8 Å². The first-order valence-electron chi connectivity index (χ1n) is 11.5. The van der Waals surface area contributed by atoms with Gasteiger partial charge in [-0.25, -0.2) is 9.78 Å². The zero-order valence-corrected chi connectivity index (χ0v) is 17.8. The van der Waals surface area contributed by atoms with Crippen LogP contribution in [0.5, 0.6) is 0 Å². The summed E-state index contributed by atoms with van der Waals surface area (Å²) in [5.41, 5.74) is -0.00796. The Bertz CT molecular complexity index is 705. The number of fused-ring (bicyclic) bond motifs is 2. The fourth-order valence-corrected chi connectivity index (χ4v) is 6.70. The van der Waals surface area contributed by atoms with Gasteiger partial charge in [-0.3, -0.25) is 4.79 Å². The van der Waals surface area contributed by atoms with Gasteiger partial charge < -0.3 is 14.6 Å². The maximum absolute atomic E-state index is 12.3. The zero-order chi connectivity index (χ0) is 20.4. The number of aliphatic hydroxyl groups is 1. The van der Waals surface area contributed by atoms with Gasteiger partial charge in [0.05, 0.1) is 12.2 Å². The van der Waals surface area contributed by atoms with Crippen LogP contribution in [-0.2, 0) is 24.0 Å². The van der Waals surface area contributed by atoms with Crippen LogP contribution in [0.3, 0.4) is 0 Å². The number of hydrogen-bond acceptors (Lipinski definition) is 6. The average Bonchev–Trinajstić information content (AvgIpc) is 2.92. The van der Waals surface area contributed by atoms with Crippen LogP contribution >= 0.6 is 0 Å². The molecule has 1 unspecified atom stereocenters. The van der Waals surface area contributed by atoms with Crippen molar-refractivity contribution in [1.82, 2.24) is 0 Å². The van der Waals surface area contributed by atoms with Crippen molar-refractivity contribution in [2.45, 2.75) is 102 Å². The minimum Gasteiger partial charge on any atom is -0.388 e. The van der Waals surface area contributed by atoms with Crippen molar-refractivity contribution >= 4 is 5.78 Å². The Morgan fingerprint density at radius 3 is 2.83 bits per heavy atom. The van der Waals surface area contributed by atoms with Crippen molar-refractivity contribution in [3.05, 3.63) is 11.6 Å². The third-order valence-electron chi connectivity index (χ3n) is 8.40. The molecule has 0 aromatic carbocycles. The Kier molecular flexibility index (Phi) is 4.95. The number of allylic oxidation sites excluding steroid dienone is 1. The van der Waals surface area contributed by atoms with E-state index in [1.54, 1.807) is 0 Å². The van der Waals surface area contributed by atoms with Crippen LogP contribution in [0.15, 0.2) is 11.6 Å². The number of hydrogen-bond donors (Lipinski definition) is 1. The Morgan fingerprint density at radius 1 is 1.21 bits per heavy atom. The first-order chi connectivity index (χ1) is 13.8. The highest BCUT2D eigenvalue weighted by atomic mass is 17.3. The summed E-state index contributed by atoms with van der Waals surface area (Å²) >= 11 is 0. The molecule has 5 fully saturated rings. The quantitative estimate of drug-likeness (QED) is 0.721. The molecule has 2 aliphatic carbocycles. The highest BCUT2D eigenvalue weighted by molar-refractivity contribution is 5.96. The van der Waals surface area contributed by atoms with Gasteiger partial charge >= 0.3 is 0 Å². The molecule has 162 valence electrons. The second-order valence-corrected chi connectivity index (χ2v) is 10.2. The molecule has 0 amide bonds. The molecule has 6 nitrogen and oxygen atoms in total. The average molecular weight is 407 g/mol.